The summed E-state index contributed by atoms with van der Waals surface area (Å²) in [6.07, 6.45) is 0.135. The van der Waals surface area contributed by atoms with E-state index in [0.29, 0.717) is 19.0 Å². The maximum absolute atomic E-state index is 8.88. The number of guanidine groups is 1. The first-order valence-electron chi connectivity index (χ1n) is 7.46. The first kappa shape index (κ1) is 21.0. The average molecular weight is 421 g/mol. The van der Waals surface area contributed by atoms with Crippen molar-refractivity contribution in [3.8, 4) is 5.75 Å². The summed E-state index contributed by atoms with van der Waals surface area (Å²) in [6, 6.07) is 6.15. The Labute approximate surface area is 150 Å². The van der Waals surface area contributed by atoms with E-state index in [0.717, 1.165) is 17.9 Å². The van der Waals surface area contributed by atoms with Crippen molar-refractivity contribution in [1.29, 1.82) is 0 Å². The molecule has 0 aliphatic heterocycles. The van der Waals surface area contributed by atoms with E-state index in [4.69, 9.17) is 9.84 Å². The van der Waals surface area contributed by atoms with Gasteiger partial charge >= 0.3 is 0 Å². The summed E-state index contributed by atoms with van der Waals surface area (Å²) < 4.78 is 5.85. The molecule has 0 aliphatic carbocycles. The standard InChI is InChI=1S/C16H27N3O2.HI/c1-5-17-16(18-8-9-20)19-11-14-7-6-13(4)10-15(14)21-12(2)3;/h6-7,10,12,20H,5,8-9,11H2,1-4H3,(H2,17,18,19);1H. The molecule has 6 heteroatoms. The number of aliphatic hydroxyl groups excluding tert-OH is 1. The fraction of sp³-hybridized carbons (Fsp3) is 0.562. The zero-order valence-electron chi connectivity index (χ0n) is 13.8. The summed E-state index contributed by atoms with van der Waals surface area (Å²) in [5.74, 6) is 1.58. The van der Waals surface area contributed by atoms with Crippen molar-refractivity contribution in [3.63, 3.8) is 0 Å². The fourth-order valence-corrected chi connectivity index (χ4v) is 1.84. The van der Waals surface area contributed by atoms with Crippen LogP contribution in [0.2, 0.25) is 0 Å². The lowest BCUT2D eigenvalue weighted by atomic mass is 10.1. The van der Waals surface area contributed by atoms with Crippen molar-refractivity contribution < 1.29 is 9.84 Å². The Kier molecular flexibility index (Phi) is 11.0. The van der Waals surface area contributed by atoms with Crippen LogP contribution in [-0.2, 0) is 6.54 Å². The summed E-state index contributed by atoms with van der Waals surface area (Å²) in [6.45, 7) is 9.96. The lowest BCUT2D eigenvalue weighted by molar-refractivity contribution is 0.240. The van der Waals surface area contributed by atoms with Gasteiger partial charge in [0.1, 0.15) is 5.75 Å². The minimum atomic E-state index is 0. The molecule has 0 radical (unpaired) electrons. The Bertz CT molecular complexity index is 465. The number of aryl methyl sites for hydroxylation is 1. The van der Waals surface area contributed by atoms with E-state index in [1.165, 1.54) is 5.56 Å². The maximum atomic E-state index is 8.88. The maximum Gasteiger partial charge on any atom is 0.191 e. The van der Waals surface area contributed by atoms with E-state index in [1.54, 1.807) is 0 Å². The van der Waals surface area contributed by atoms with Gasteiger partial charge in [0.15, 0.2) is 5.96 Å². The number of halogens is 1. The highest BCUT2D eigenvalue weighted by atomic mass is 127. The van der Waals surface area contributed by atoms with Crippen LogP contribution in [0.1, 0.15) is 31.9 Å². The number of ether oxygens (including phenoxy) is 1. The van der Waals surface area contributed by atoms with Gasteiger partial charge in [-0.05, 0) is 39.3 Å². The van der Waals surface area contributed by atoms with Crippen molar-refractivity contribution in [2.75, 3.05) is 19.7 Å². The minimum Gasteiger partial charge on any atom is -0.491 e. The van der Waals surface area contributed by atoms with Gasteiger partial charge in [0.25, 0.3) is 0 Å². The molecule has 0 amide bonds. The Morgan fingerprint density at radius 1 is 1.32 bits per heavy atom. The summed E-state index contributed by atoms with van der Waals surface area (Å²) in [7, 11) is 0. The largest absolute Gasteiger partial charge is 0.491 e. The minimum absolute atomic E-state index is 0. The molecule has 0 saturated carbocycles. The van der Waals surface area contributed by atoms with Crippen molar-refractivity contribution in [1.82, 2.24) is 10.6 Å². The fourth-order valence-electron chi connectivity index (χ4n) is 1.84. The van der Waals surface area contributed by atoms with E-state index in [1.807, 2.05) is 39.8 Å². The molecule has 0 saturated heterocycles. The van der Waals surface area contributed by atoms with Crippen LogP contribution in [-0.4, -0.2) is 36.9 Å². The zero-order chi connectivity index (χ0) is 15.7. The van der Waals surface area contributed by atoms with Crippen LogP contribution in [0.25, 0.3) is 0 Å². The average Bonchev–Trinajstić information content (AvgIpc) is 2.43. The van der Waals surface area contributed by atoms with Gasteiger partial charge in [-0.3, -0.25) is 0 Å². The van der Waals surface area contributed by atoms with E-state index in [2.05, 4.69) is 21.7 Å². The highest BCUT2D eigenvalue weighted by Gasteiger charge is 2.06. The van der Waals surface area contributed by atoms with Gasteiger partial charge in [-0.15, -0.1) is 24.0 Å². The molecule has 1 rings (SSSR count). The lowest BCUT2D eigenvalue weighted by Gasteiger charge is -2.15. The Balaban J connectivity index is 0.00000441. The number of aliphatic imine (C=N–C) groups is 1. The number of aliphatic hydroxyl groups is 1. The Hall–Kier alpha value is -1.02. The van der Waals surface area contributed by atoms with Crippen LogP contribution in [0, 0.1) is 6.92 Å². The SMILES string of the molecule is CCNC(=NCc1ccc(C)cc1OC(C)C)NCCO.I. The van der Waals surface area contributed by atoms with E-state index >= 15 is 0 Å². The molecule has 0 aliphatic rings. The highest BCUT2D eigenvalue weighted by molar-refractivity contribution is 14.0. The first-order valence-corrected chi connectivity index (χ1v) is 7.46. The molecule has 0 fully saturated rings. The summed E-state index contributed by atoms with van der Waals surface area (Å²) >= 11 is 0. The second-order valence-corrected chi connectivity index (χ2v) is 5.12. The van der Waals surface area contributed by atoms with Gasteiger partial charge in [-0.2, -0.15) is 0 Å². The smallest absolute Gasteiger partial charge is 0.191 e. The molecule has 1 aromatic carbocycles. The van der Waals surface area contributed by atoms with Crippen LogP contribution < -0.4 is 15.4 Å². The molecular formula is C16H28IN3O2. The molecule has 1 aromatic rings. The molecule has 5 nitrogen and oxygen atoms in total. The van der Waals surface area contributed by atoms with Crippen LogP contribution in [0.4, 0.5) is 0 Å². The summed E-state index contributed by atoms with van der Waals surface area (Å²) in [5.41, 5.74) is 2.22. The normalized spacial score (nSPS) is 11.1. The molecule has 126 valence electrons. The number of rotatable bonds is 7. The third-order valence-corrected chi connectivity index (χ3v) is 2.74. The van der Waals surface area contributed by atoms with Crippen molar-refractivity contribution in [3.05, 3.63) is 29.3 Å². The van der Waals surface area contributed by atoms with Gasteiger partial charge in [0.2, 0.25) is 0 Å². The van der Waals surface area contributed by atoms with Crippen LogP contribution in [0.5, 0.6) is 5.75 Å². The lowest BCUT2D eigenvalue weighted by Crippen LogP contribution is -2.38. The van der Waals surface area contributed by atoms with Gasteiger partial charge < -0.3 is 20.5 Å². The second kappa shape index (κ2) is 11.5. The monoisotopic (exact) mass is 421 g/mol. The third kappa shape index (κ3) is 7.84. The number of nitrogens with one attached hydrogen (secondary N) is 2. The quantitative estimate of drug-likeness (QED) is 0.360. The third-order valence-electron chi connectivity index (χ3n) is 2.74. The molecule has 0 bridgehead atoms. The van der Waals surface area contributed by atoms with Crippen LogP contribution in [0.3, 0.4) is 0 Å². The van der Waals surface area contributed by atoms with Gasteiger partial charge in [-0.25, -0.2) is 4.99 Å². The molecule has 0 aromatic heterocycles. The molecule has 3 N–H and O–H groups in total. The number of hydrogen-bond acceptors (Lipinski definition) is 3. The number of hydrogen-bond donors (Lipinski definition) is 3. The second-order valence-electron chi connectivity index (χ2n) is 5.12. The predicted molar refractivity (Wildman–Crippen MR) is 102 cm³/mol. The zero-order valence-corrected chi connectivity index (χ0v) is 16.2. The van der Waals surface area contributed by atoms with Gasteiger partial charge in [0.05, 0.1) is 19.3 Å². The molecule has 22 heavy (non-hydrogen) atoms. The Morgan fingerprint density at radius 3 is 2.64 bits per heavy atom. The van der Waals surface area contributed by atoms with E-state index < -0.39 is 0 Å². The van der Waals surface area contributed by atoms with Crippen molar-refractivity contribution in [2.24, 2.45) is 4.99 Å². The number of nitrogens with zero attached hydrogens (tertiary/aromatic N) is 1. The Morgan fingerprint density at radius 2 is 2.05 bits per heavy atom. The van der Waals surface area contributed by atoms with E-state index in [-0.39, 0.29) is 36.7 Å². The first-order chi connectivity index (χ1) is 10.1. The summed E-state index contributed by atoms with van der Waals surface area (Å²) in [4.78, 5) is 4.52. The van der Waals surface area contributed by atoms with Crippen LogP contribution in [0.15, 0.2) is 23.2 Å². The predicted octanol–water partition coefficient (Wildman–Crippen LogP) is 2.45. The molecule has 0 heterocycles. The summed E-state index contributed by atoms with van der Waals surface area (Å²) in [5, 5.41) is 15.1. The topological polar surface area (TPSA) is 65.9 Å². The van der Waals surface area contributed by atoms with Crippen molar-refractivity contribution >= 4 is 29.9 Å². The van der Waals surface area contributed by atoms with Gasteiger partial charge in [-0.1, -0.05) is 12.1 Å². The molecule has 0 atom stereocenters. The molecular weight excluding hydrogens is 393 g/mol. The van der Waals surface area contributed by atoms with Crippen molar-refractivity contribution in [2.45, 2.75) is 40.3 Å². The molecule has 0 unspecified atom stereocenters. The number of benzene rings is 1. The van der Waals surface area contributed by atoms with E-state index in [9.17, 15) is 0 Å². The van der Waals surface area contributed by atoms with Gasteiger partial charge in [0, 0.05) is 18.7 Å². The highest BCUT2D eigenvalue weighted by Crippen LogP contribution is 2.22. The van der Waals surface area contributed by atoms with Crippen LogP contribution >= 0.6 is 24.0 Å². The molecule has 0 spiro atoms.